The molecule has 2 fully saturated rings. The summed E-state index contributed by atoms with van der Waals surface area (Å²) in [6, 6.07) is 1.98. The predicted octanol–water partition coefficient (Wildman–Crippen LogP) is 0.550. The van der Waals surface area contributed by atoms with Crippen LogP contribution >= 0.6 is 0 Å². The Morgan fingerprint density at radius 3 is 2.60 bits per heavy atom. The third-order valence-electron chi connectivity index (χ3n) is 4.35. The zero-order valence-electron chi connectivity index (χ0n) is 11.3. The zero-order valence-corrected chi connectivity index (χ0v) is 12.1. The van der Waals surface area contributed by atoms with Crippen LogP contribution in [0.15, 0.2) is 12.3 Å². The number of H-pyrrole nitrogens is 1. The summed E-state index contributed by atoms with van der Waals surface area (Å²) in [7, 11) is -2.99. The van der Waals surface area contributed by atoms with Gasteiger partial charge in [-0.25, -0.2) is 8.42 Å². The second kappa shape index (κ2) is 5.20. The van der Waals surface area contributed by atoms with Gasteiger partial charge in [-0.15, -0.1) is 0 Å². The van der Waals surface area contributed by atoms with Crippen LogP contribution in [-0.4, -0.2) is 54.0 Å². The van der Waals surface area contributed by atoms with Crippen LogP contribution in [0, 0.1) is 5.92 Å². The summed E-state index contributed by atoms with van der Waals surface area (Å²) in [6.45, 7) is 1.41. The van der Waals surface area contributed by atoms with Crippen LogP contribution in [0.25, 0.3) is 0 Å². The third kappa shape index (κ3) is 2.72. The van der Waals surface area contributed by atoms with E-state index in [4.69, 9.17) is 0 Å². The second-order valence-electron chi connectivity index (χ2n) is 5.71. The van der Waals surface area contributed by atoms with E-state index in [1.807, 2.05) is 11.0 Å². The third-order valence-corrected chi connectivity index (χ3v) is 6.12. The quantitative estimate of drug-likeness (QED) is 0.864. The Balaban J connectivity index is 1.57. The molecule has 7 heteroatoms. The van der Waals surface area contributed by atoms with Crippen molar-refractivity contribution in [2.24, 2.45) is 5.92 Å². The van der Waals surface area contributed by atoms with E-state index in [9.17, 15) is 13.2 Å². The van der Waals surface area contributed by atoms with Crippen molar-refractivity contribution in [3.63, 3.8) is 0 Å². The van der Waals surface area contributed by atoms with E-state index in [0.717, 1.165) is 18.5 Å². The second-order valence-corrected chi connectivity index (χ2v) is 7.94. The summed E-state index contributed by atoms with van der Waals surface area (Å²) in [6.07, 6.45) is 4.05. The largest absolute Gasteiger partial charge is 0.342 e. The molecule has 3 rings (SSSR count). The average Bonchev–Trinajstić information content (AvgIpc) is 3.07. The zero-order chi connectivity index (χ0) is 14.2. The molecule has 0 unspecified atom stereocenters. The molecule has 6 nitrogen and oxygen atoms in total. The summed E-state index contributed by atoms with van der Waals surface area (Å²) in [5.41, 5.74) is 1.13. The molecule has 0 bridgehead atoms. The lowest BCUT2D eigenvalue weighted by atomic mass is 9.93. The Kier molecular flexibility index (Phi) is 3.54. The van der Waals surface area contributed by atoms with Crippen LogP contribution in [0.4, 0.5) is 0 Å². The molecule has 2 saturated heterocycles. The fraction of sp³-hybridized carbons (Fsp3) is 0.692. The van der Waals surface area contributed by atoms with E-state index >= 15 is 0 Å². The minimum Gasteiger partial charge on any atom is -0.342 e. The standard InChI is InChI=1S/C13H19N3O3S/c17-13(11-4-8-20(18,19)9-11)16-6-2-10(3-7-16)12-1-5-14-15-12/h1,5,10-11H,2-4,6-9H2,(H,14,15)/t11-/m0/s1. The summed E-state index contributed by atoms with van der Waals surface area (Å²) in [4.78, 5) is 14.2. The van der Waals surface area contributed by atoms with Gasteiger partial charge in [-0.2, -0.15) is 5.10 Å². The average molecular weight is 297 g/mol. The first-order chi connectivity index (χ1) is 9.55. The lowest BCUT2D eigenvalue weighted by Crippen LogP contribution is -2.41. The number of carbonyl (C=O) groups is 1. The van der Waals surface area contributed by atoms with E-state index in [1.54, 1.807) is 6.20 Å². The molecule has 1 aromatic rings. The normalized spacial score (nSPS) is 26.8. The lowest BCUT2D eigenvalue weighted by Gasteiger charge is -2.33. The van der Waals surface area contributed by atoms with Gasteiger partial charge in [0.05, 0.1) is 17.4 Å². The van der Waals surface area contributed by atoms with Crippen LogP contribution in [0.5, 0.6) is 0 Å². The highest BCUT2D eigenvalue weighted by atomic mass is 32.2. The van der Waals surface area contributed by atoms with E-state index in [-0.39, 0.29) is 23.3 Å². The van der Waals surface area contributed by atoms with Gasteiger partial charge in [-0.05, 0) is 25.3 Å². The highest BCUT2D eigenvalue weighted by Gasteiger charge is 2.36. The van der Waals surface area contributed by atoms with Crippen LogP contribution < -0.4 is 0 Å². The molecule has 20 heavy (non-hydrogen) atoms. The smallest absolute Gasteiger partial charge is 0.226 e. The van der Waals surface area contributed by atoms with Crippen molar-refractivity contribution in [1.29, 1.82) is 0 Å². The van der Waals surface area contributed by atoms with Crippen molar-refractivity contribution in [3.8, 4) is 0 Å². The van der Waals surface area contributed by atoms with Crippen molar-refractivity contribution in [1.82, 2.24) is 15.1 Å². The number of likely N-dealkylation sites (tertiary alicyclic amines) is 1. The van der Waals surface area contributed by atoms with E-state index in [0.29, 0.717) is 25.4 Å². The number of rotatable bonds is 2. The highest BCUT2D eigenvalue weighted by molar-refractivity contribution is 7.91. The summed E-state index contributed by atoms with van der Waals surface area (Å²) < 4.78 is 22.9. The fourth-order valence-corrected chi connectivity index (χ4v) is 4.89. The Hall–Kier alpha value is -1.37. The maximum Gasteiger partial charge on any atom is 0.226 e. The molecule has 0 aromatic carbocycles. The first kappa shape index (κ1) is 13.6. The van der Waals surface area contributed by atoms with Gasteiger partial charge in [0.2, 0.25) is 5.91 Å². The van der Waals surface area contributed by atoms with E-state index in [1.165, 1.54) is 0 Å². The molecule has 2 aliphatic rings. The molecule has 1 atom stereocenters. The monoisotopic (exact) mass is 297 g/mol. The van der Waals surface area contributed by atoms with Crippen molar-refractivity contribution in [2.75, 3.05) is 24.6 Å². The molecule has 0 saturated carbocycles. The number of carbonyl (C=O) groups excluding carboxylic acids is 1. The maximum atomic E-state index is 12.3. The maximum absolute atomic E-state index is 12.3. The number of aromatic nitrogens is 2. The van der Waals surface area contributed by atoms with Gasteiger partial charge >= 0.3 is 0 Å². The minimum atomic E-state index is -2.99. The van der Waals surface area contributed by atoms with Crippen LogP contribution in [-0.2, 0) is 14.6 Å². The number of aromatic amines is 1. The molecule has 1 aromatic heterocycles. The van der Waals surface area contributed by atoms with Crippen molar-refractivity contribution >= 4 is 15.7 Å². The first-order valence-corrected chi connectivity index (χ1v) is 8.86. The number of nitrogens with one attached hydrogen (secondary N) is 1. The van der Waals surface area contributed by atoms with Gasteiger partial charge in [0.25, 0.3) is 0 Å². The molecule has 0 aliphatic carbocycles. The Morgan fingerprint density at radius 1 is 1.30 bits per heavy atom. The molecule has 0 spiro atoms. The van der Waals surface area contributed by atoms with Gasteiger partial charge in [-0.1, -0.05) is 0 Å². The Morgan fingerprint density at radius 2 is 2.05 bits per heavy atom. The summed E-state index contributed by atoms with van der Waals surface area (Å²) in [5, 5.41) is 6.94. The number of nitrogens with zero attached hydrogens (tertiary/aromatic N) is 2. The molecule has 3 heterocycles. The minimum absolute atomic E-state index is 0.0223. The van der Waals surface area contributed by atoms with E-state index < -0.39 is 9.84 Å². The molecule has 2 aliphatic heterocycles. The Bertz CT molecular complexity index is 574. The first-order valence-electron chi connectivity index (χ1n) is 7.04. The fourth-order valence-electron chi connectivity index (χ4n) is 3.15. The molecular formula is C13H19N3O3S. The number of hydrogen-bond donors (Lipinski definition) is 1. The van der Waals surface area contributed by atoms with Crippen molar-refractivity contribution < 1.29 is 13.2 Å². The highest BCUT2D eigenvalue weighted by Crippen LogP contribution is 2.28. The number of amides is 1. The van der Waals surface area contributed by atoms with Gasteiger partial charge in [0.15, 0.2) is 9.84 Å². The topological polar surface area (TPSA) is 83.1 Å². The molecule has 1 amide bonds. The van der Waals surface area contributed by atoms with Gasteiger partial charge < -0.3 is 4.90 Å². The predicted molar refractivity (Wildman–Crippen MR) is 73.9 cm³/mol. The number of sulfone groups is 1. The van der Waals surface area contributed by atoms with E-state index in [2.05, 4.69) is 10.2 Å². The lowest BCUT2D eigenvalue weighted by molar-refractivity contribution is -0.135. The molecule has 1 N–H and O–H groups in total. The number of piperidine rings is 1. The van der Waals surface area contributed by atoms with Gasteiger partial charge in [0.1, 0.15) is 0 Å². The van der Waals surface area contributed by atoms with Gasteiger partial charge in [-0.3, -0.25) is 9.89 Å². The Labute approximate surface area is 118 Å². The van der Waals surface area contributed by atoms with Crippen molar-refractivity contribution in [2.45, 2.75) is 25.2 Å². The molecule has 110 valence electrons. The van der Waals surface area contributed by atoms with Crippen LogP contribution in [0.1, 0.15) is 30.9 Å². The van der Waals surface area contributed by atoms with Crippen LogP contribution in [0.3, 0.4) is 0 Å². The van der Waals surface area contributed by atoms with Crippen LogP contribution in [0.2, 0.25) is 0 Å². The van der Waals surface area contributed by atoms with Gasteiger partial charge in [0, 0.05) is 30.9 Å². The molecular weight excluding hydrogens is 278 g/mol. The number of hydrogen-bond acceptors (Lipinski definition) is 4. The SMILES string of the molecule is O=C([C@H]1CCS(=O)(=O)C1)N1CCC(c2ccn[nH]2)CC1. The summed E-state index contributed by atoms with van der Waals surface area (Å²) >= 11 is 0. The van der Waals surface area contributed by atoms with Crippen molar-refractivity contribution in [3.05, 3.63) is 18.0 Å². The molecule has 0 radical (unpaired) electrons. The summed E-state index contributed by atoms with van der Waals surface area (Å²) in [5.74, 6) is 0.326.